The average Bonchev–Trinajstić information content (AvgIpc) is 2.54. The van der Waals surface area contributed by atoms with Gasteiger partial charge in [0.2, 0.25) is 5.75 Å². The van der Waals surface area contributed by atoms with Crippen molar-refractivity contribution in [1.82, 2.24) is 0 Å². The summed E-state index contributed by atoms with van der Waals surface area (Å²) in [6.45, 7) is 0. The SMILES string of the molecule is COc1ccc(-c2cc(=O)c3c(O)cc(O)c(OC)c3o2)cc1O. The molecule has 3 N–H and O–H groups in total. The lowest BCUT2D eigenvalue weighted by molar-refractivity contribution is 0.367. The second-order valence-corrected chi connectivity index (χ2v) is 5.01. The van der Waals surface area contributed by atoms with E-state index in [0.29, 0.717) is 5.56 Å². The first-order valence-electron chi connectivity index (χ1n) is 6.90. The second-order valence-electron chi connectivity index (χ2n) is 5.01. The van der Waals surface area contributed by atoms with Crippen LogP contribution in [-0.4, -0.2) is 29.5 Å². The number of fused-ring (bicyclic) bond motifs is 1. The van der Waals surface area contributed by atoms with Gasteiger partial charge in [-0.25, -0.2) is 0 Å². The monoisotopic (exact) mass is 330 g/mol. The number of benzene rings is 2. The number of hydrogen-bond donors (Lipinski definition) is 3. The number of ether oxygens (including phenoxy) is 2. The van der Waals surface area contributed by atoms with Crippen LogP contribution in [0.5, 0.6) is 28.7 Å². The van der Waals surface area contributed by atoms with E-state index in [1.165, 1.54) is 32.4 Å². The number of rotatable bonds is 3. The van der Waals surface area contributed by atoms with Crippen molar-refractivity contribution in [3.63, 3.8) is 0 Å². The van der Waals surface area contributed by atoms with Crippen LogP contribution < -0.4 is 14.9 Å². The maximum atomic E-state index is 12.3. The zero-order valence-electron chi connectivity index (χ0n) is 12.9. The first-order chi connectivity index (χ1) is 11.5. The van der Waals surface area contributed by atoms with Crippen molar-refractivity contribution in [2.75, 3.05) is 14.2 Å². The van der Waals surface area contributed by atoms with Gasteiger partial charge in [0.15, 0.2) is 28.3 Å². The summed E-state index contributed by atoms with van der Waals surface area (Å²) in [6, 6.07) is 6.68. The molecule has 0 unspecified atom stereocenters. The van der Waals surface area contributed by atoms with E-state index in [4.69, 9.17) is 13.9 Å². The van der Waals surface area contributed by atoms with Crippen molar-refractivity contribution in [1.29, 1.82) is 0 Å². The topological polar surface area (TPSA) is 109 Å². The highest BCUT2D eigenvalue weighted by Crippen LogP contribution is 2.40. The first-order valence-corrected chi connectivity index (χ1v) is 6.90. The summed E-state index contributed by atoms with van der Waals surface area (Å²) in [6.07, 6.45) is 0. The van der Waals surface area contributed by atoms with E-state index in [1.807, 2.05) is 0 Å². The molecule has 0 aliphatic heterocycles. The minimum absolute atomic E-state index is 0.0699. The summed E-state index contributed by atoms with van der Waals surface area (Å²) in [4.78, 5) is 12.3. The van der Waals surface area contributed by atoms with Gasteiger partial charge < -0.3 is 29.2 Å². The average molecular weight is 330 g/mol. The molecular formula is C17H14O7. The van der Waals surface area contributed by atoms with Crippen molar-refractivity contribution in [2.24, 2.45) is 0 Å². The Balaban J connectivity index is 2.31. The molecule has 0 aliphatic carbocycles. The fraction of sp³-hybridized carbons (Fsp3) is 0.118. The predicted molar refractivity (Wildman–Crippen MR) is 86.0 cm³/mol. The summed E-state index contributed by atoms with van der Waals surface area (Å²) in [5, 5.41) is 29.5. The number of aromatic hydroxyl groups is 3. The van der Waals surface area contributed by atoms with Gasteiger partial charge in [-0.2, -0.15) is 0 Å². The molecule has 0 bridgehead atoms. The molecule has 124 valence electrons. The Hall–Kier alpha value is -3.35. The van der Waals surface area contributed by atoms with Gasteiger partial charge >= 0.3 is 0 Å². The third-order valence-corrected chi connectivity index (χ3v) is 3.58. The minimum atomic E-state index is -0.516. The highest BCUT2D eigenvalue weighted by molar-refractivity contribution is 5.91. The minimum Gasteiger partial charge on any atom is -0.507 e. The molecule has 3 aromatic rings. The molecule has 1 heterocycles. The molecule has 24 heavy (non-hydrogen) atoms. The Morgan fingerprint density at radius 1 is 0.917 bits per heavy atom. The van der Waals surface area contributed by atoms with Crippen molar-refractivity contribution in [3.8, 4) is 40.1 Å². The van der Waals surface area contributed by atoms with Crippen molar-refractivity contribution < 1.29 is 29.2 Å². The lowest BCUT2D eigenvalue weighted by Crippen LogP contribution is -2.02. The van der Waals surface area contributed by atoms with Crippen LogP contribution >= 0.6 is 0 Å². The van der Waals surface area contributed by atoms with E-state index in [1.54, 1.807) is 6.07 Å². The summed E-state index contributed by atoms with van der Waals surface area (Å²) in [5.74, 6) is -0.562. The molecule has 0 saturated heterocycles. The van der Waals surface area contributed by atoms with Gasteiger partial charge in [-0.05, 0) is 18.2 Å². The molecule has 0 radical (unpaired) electrons. The number of phenolic OH excluding ortho intramolecular Hbond substituents is 3. The molecule has 0 spiro atoms. The van der Waals surface area contributed by atoms with E-state index in [2.05, 4.69) is 0 Å². The molecule has 0 aliphatic rings. The smallest absolute Gasteiger partial charge is 0.204 e. The zero-order valence-corrected chi connectivity index (χ0v) is 12.9. The maximum absolute atomic E-state index is 12.3. The van der Waals surface area contributed by atoms with Gasteiger partial charge in [-0.1, -0.05) is 0 Å². The van der Waals surface area contributed by atoms with E-state index in [-0.39, 0.29) is 39.7 Å². The van der Waals surface area contributed by atoms with Crippen LogP contribution in [0, 0.1) is 0 Å². The van der Waals surface area contributed by atoms with Crippen LogP contribution in [0.2, 0.25) is 0 Å². The molecule has 0 atom stereocenters. The maximum Gasteiger partial charge on any atom is 0.204 e. The third kappa shape index (κ3) is 2.36. The Kier molecular flexibility index (Phi) is 3.69. The Morgan fingerprint density at radius 3 is 2.29 bits per heavy atom. The quantitative estimate of drug-likeness (QED) is 0.677. The van der Waals surface area contributed by atoms with Gasteiger partial charge in [-0.3, -0.25) is 4.79 Å². The van der Waals surface area contributed by atoms with Crippen molar-refractivity contribution in [3.05, 3.63) is 40.6 Å². The van der Waals surface area contributed by atoms with Crippen LogP contribution in [0.1, 0.15) is 0 Å². The van der Waals surface area contributed by atoms with E-state index < -0.39 is 11.2 Å². The number of methoxy groups -OCH3 is 2. The van der Waals surface area contributed by atoms with Crippen LogP contribution in [0.4, 0.5) is 0 Å². The molecule has 0 amide bonds. The second kappa shape index (κ2) is 5.69. The van der Waals surface area contributed by atoms with E-state index >= 15 is 0 Å². The number of hydrogen-bond acceptors (Lipinski definition) is 7. The van der Waals surface area contributed by atoms with Gasteiger partial charge in [0.25, 0.3) is 0 Å². The Labute approximate surface area is 135 Å². The van der Waals surface area contributed by atoms with Gasteiger partial charge in [0.1, 0.15) is 16.9 Å². The number of phenols is 3. The first kappa shape index (κ1) is 15.5. The molecule has 3 rings (SSSR count). The fourth-order valence-corrected chi connectivity index (χ4v) is 2.46. The fourth-order valence-electron chi connectivity index (χ4n) is 2.46. The molecule has 2 aromatic carbocycles. The van der Waals surface area contributed by atoms with Gasteiger partial charge in [0.05, 0.1) is 14.2 Å². The normalized spacial score (nSPS) is 10.8. The van der Waals surface area contributed by atoms with Crippen LogP contribution in [-0.2, 0) is 0 Å². The predicted octanol–water partition coefficient (Wildman–Crippen LogP) is 2.59. The van der Waals surface area contributed by atoms with Crippen LogP contribution in [0.3, 0.4) is 0 Å². The highest BCUT2D eigenvalue weighted by Gasteiger charge is 2.19. The molecule has 7 heteroatoms. The molecule has 0 saturated carbocycles. The largest absolute Gasteiger partial charge is 0.507 e. The standard InChI is InChI=1S/C17H14O7/c1-22-13-4-3-8(5-9(13)18)14-7-11(20)15-10(19)6-12(21)16(23-2)17(15)24-14/h3-7,18-19,21H,1-2H3. The van der Waals surface area contributed by atoms with Gasteiger partial charge in [-0.15, -0.1) is 0 Å². The molecule has 0 fully saturated rings. The lowest BCUT2D eigenvalue weighted by Gasteiger charge is -2.10. The van der Waals surface area contributed by atoms with Gasteiger partial charge in [0, 0.05) is 17.7 Å². The van der Waals surface area contributed by atoms with Crippen molar-refractivity contribution in [2.45, 2.75) is 0 Å². The summed E-state index contributed by atoms with van der Waals surface area (Å²) in [7, 11) is 2.72. The Morgan fingerprint density at radius 2 is 1.67 bits per heavy atom. The van der Waals surface area contributed by atoms with E-state index in [9.17, 15) is 20.1 Å². The van der Waals surface area contributed by atoms with Crippen molar-refractivity contribution >= 4 is 11.0 Å². The highest BCUT2D eigenvalue weighted by atomic mass is 16.5. The van der Waals surface area contributed by atoms with Crippen LogP contribution in [0.15, 0.2) is 39.5 Å². The lowest BCUT2D eigenvalue weighted by atomic mass is 10.1. The summed E-state index contributed by atoms with van der Waals surface area (Å²) < 4.78 is 15.7. The zero-order chi connectivity index (χ0) is 17.4. The summed E-state index contributed by atoms with van der Waals surface area (Å²) in [5.41, 5.74) is -0.192. The molecule has 1 aromatic heterocycles. The van der Waals surface area contributed by atoms with Crippen LogP contribution in [0.25, 0.3) is 22.3 Å². The Bertz CT molecular complexity index is 988. The van der Waals surface area contributed by atoms with E-state index in [0.717, 1.165) is 6.07 Å². The third-order valence-electron chi connectivity index (χ3n) is 3.58. The molecular weight excluding hydrogens is 316 g/mol. The molecule has 7 nitrogen and oxygen atoms in total. The summed E-state index contributed by atoms with van der Waals surface area (Å²) >= 11 is 0.